The van der Waals surface area contributed by atoms with Crippen LogP contribution in [0.2, 0.25) is 0 Å². The molecule has 1 fully saturated rings. The second-order valence-electron chi connectivity index (χ2n) is 7.83. The summed E-state index contributed by atoms with van der Waals surface area (Å²) in [6, 6.07) is 14.7. The first-order chi connectivity index (χ1) is 13.6. The molecule has 1 unspecified atom stereocenters. The fourth-order valence-corrected chi connectivity index (χ4v) is 3.86. The lowest BCUT2D eigenvalue weighted by Crippen LogP contribution is -2.46. The Labute approximate surface area is 168 Å². The zero-order valence-corrected chi connectivity index (χ0v) is 17.4. The number of urea groups is 1. The van der Waals surface area contributed by atoms with Gasteiger partial charge in [-0.2, -0.15) is 0 Å². The molecule has 2 amide bonds. The summed E-state index contributed by atoms with van der Waals surface area (Å²) in [5.74, 6) is 0. The molecule has 0 radical (unpaired) electrons. The van der Waals surface area contributed by atoms with Crippen molar-refractivity contribution in [1.29, 1.82) is 0 Å². The predicted molar refractivity (Wildman–Crippen MR) is 115 cm³/mol. The quantitative estimate of drug-likeness (QED) is 0.785. The van der Waals surface area contributed by atoms with Crippen LogP contribution in [0.3, 0.4) is 0 Å². The van der Waals surface area contributed by atoms with Crippen molar-refractivity contribution in [3.8, 4) is 0 Å². The van der Waals surface area contributed by atoms with Gasteiger partial charge in [-0.15, -0.1) is 0 Å². The van der Waals surface area contributed by atoms with E-state index in [2.05, 4.69) is 61.3 Å². The maximum Gasteiger partial charge on any atom is 0.318 e. The lowest BCUT2D eigenvalue weighted by Gasteiger charge is -2.31. The lowest BCUT2D eigenvalue weighted by atomic mass is 10.00. The van der Waals surface area contributed by atoms with Gasteiger partial charge in [0.2, 0.25) is 0 Å². The van der Waals surface area contributed by atoms with Crippen LogP contribution in [0, 0.1) is 0 Å². The van der Waals surface area contributed by atoms with E-state index >= 15 is 0 Å². The number of carbonyl (C=O) groups excluding carboxylic acids is 1. The molecule has 0 saturated carbocycles. The number of hydrogen-bond acceptors (Lipinski definition) is 3. The highest BCUT2D eigenvalue weighted by atomic mass is 16.5. The molecule has 3 rings (SSSR count). The summed E-state index contributed by atoms with van der Waals surface area (Å²) in [6.45, 7) is 11.6. The summed E-state index contributed by atoms with van der Waals surface area (Å²) in [5.41, 5.74) is 1.16. The number of fused-ring (bicyclic) bond motifs is 1. The van der Waals surface area contributed by atoms with Gasteiger partial charge < -0.3 is 15.0 Å². The van der Waals surface area contributed by atoms with E-state index < -0.39 is 0 Å². The van der Waals surface area contributed by atoms with Crippen LogP contribution < -0.4 is 5.32 Å². The van der Waals surface area contributed by atoms with Gasteiger partial charge in [-0.1, -0.05) is 42.5 Å². The van der Waals surface area contributed by atoms with Crippen molar-refractivity contribution in [1.82, 2.24) is 15.1 Å². The summed E-state index contributed by atoms with van der Waals surface area (Å²) < 4.78 is 5.40. The number of hydrogen-bond donors (Lipinski definition) is 1. The van der Waals surface area contributed by atoms with Crippen LogP contribution in [0.15, 0.2) is 42.5 Å². The number of benzene rings is 2. The Morgan fingerprint density at radius 3 is 2.57 bits per heavy atom. The number of amides is 2. The summed E-state index contributed by atoms with van der Waals surface area (Å²) in [6.07, 6.45) is 0.980. The average molecular weight is 384 g/mol. The van der Waals surface area contributed by atoms with Crippen molar-refractivity contribution in [2.45, 2.75) is 39.3 Å². The van der Waals surface area contributed by atoms with Crippen LogP contribution in [0.25, 0.3) is 10.8 Å². The fourth-order valence-electron chi connectivity index (χ4n) is 3.86. The maximum absolute atomic E-state index is 13.0. The minimum atomic E-state index is -0.0425. The summed E-state index contributed by atoms with van der Waals surface area (Å²) >= 11 is 0. The molecule has 0 bridgehead atoms. The second kappa shape index (κ2) is 9.89. The number of rotatable bonds is 7. The molecule has 2 aromatic rings. The first-order valence-corrected chi connectivity index (χ1v) is 10.4. The van der Waals surface area contributed by atoms with Gasteiger partial charge in [0.15, 0.2) is 0 Å². The molecule has 1 N–H and O–H groups in total. The second-order valence-corrected chi connectivity index (χ2v) is 7.83. The standard InChI is InChI=1S/C23H33N3O2/c1-18(2)26(13-7-12-25-14-16-28-17-15-25)23(27)24-19(3)21-11-6-9-20-8-4-5-10-22(20)21/h4-6,8-11,18-19H,7,12-17H2,1-3H3,(H,24,27). The molecule has 5 nitrogen and oxygen atoms in total. The average Bonchev–Trinajstić information content (AvgIpc) is 2.71. The van der Waals surface area contributed by atoms with E-state index in [4.69, 9.17) is 4.74 Å². The minimum Gasteiger partial charge on any atom is -0.379 e. The molecular formula is C23H33N3O2. The number of morpholine rings is 1. The third-order valence-corrected chi connectivity index (χ3v) is 5.49. The van der Waals surface area contributed by atoms with Crippen molar-refractivity contribution >= 4 is 16.8 Å². The Bertz CT molecular complexity index is 766. The van der Waals surface area contributed by atoms with Crippen LogP contribution >= 0.6 is 0 Å². The molecule has 2 aromatic carbocycles. The summed E-state index contributed by atoms with van der Waals surface area (Å²) in [5, 5.41) is 5.61. The van der Waals surface area contributed by atoms with E-state index in [-0.39, 0.29) is 18.1 Å². The van der Waals surface area contributed by atoms with Gasteiger partial charge in [-0.3, -0.25) is 4.90 Å². The molecule has 5 heteroatoms. The fraction of sp³-hybridized carbons (Fsp3) is 0.522. The molecule has 1 aliphatic heterocycles. The molecule has 1 aliphatic rings. The molecule has 0 spiro atoms. The number of nitrogens with one attached hydrogen (secondary N) is 1. The highest BCUT2D eigenvalue weighted by Gasteiger charge is 2.20. The molecule has 28 heavy (non-hydrogen) atoms. The summed E-state index contributed by atoms with van der Waals surface area (Å²) in [4.78, 5) is 17.3. The van der Waals surface area contributed by atoms with Crippen LogP contribution in [-0.4, -0.2) is 61.3 Å². The van der Waals surface area contributed by atoms with E-state index in [0.717, 1.165) is 51.4 Å². The van der Waals surface area contributed by atoms with Crippen molar-refractivity contribution in [3.63, 3.8) is 0 Å². The smallest absolute Gasteiger partial charge is 0.318 e. The van der Waals surface area contributed by atoms with E-state index in [1.165, 1.54) is 10.8 Å². The van der Waals surface area contributed by atoms with Crippen molar-refractivity contribution < 1.29 is 9.53 Å². The monoisotopic (exact) mass is 383 g/mol. The van der Waals surface area contributed by atoms with Gasteiger partial charge in [0.1, 0.15) is 0 Å². The largest absolute Gasteiger partial charge is 0.379 e. The molecule has 152 valence electrons. The van der Waals surface area contributed by atoms with Gasteiger partial charge >= 0.3 is 6.03 Å². The van der Waals surface area contributed by atoms with Gasteiger partial charge in [0, 0.05) is 32.2 Å². The molecule has 1 heterocycles. The lowest BCUT2D eigenvalue weighted by molar-refractivity contribution is 0.0362. The van der Waals surface area contributed by atoms with Crippen molar-refractivity contribution in [3.05, 3.63) is 48.0 Å². The highest BCUT2D eigenvalue weighted by Crippen LogP contribution is 2.24. The Morgan fingerprint density at radius 2 is 1.82 bits per heavy atom. The predicted octanol–water partition coefficient (Wildman–Crippen LogP) is 4.04. The minimum absolute atomic E-state index is 0.0115. The Morgan fingerprint density at radius 1 is 1.11 bits per heavy atom. The van der Waals surface area contributed by atoms with Crippen LogP contribution in [-0.2, 0) is 4.74 Å². The molecule has 0 aliphatic carbocycles. The zero-order valence-electron chi connectivity index (χ0n) is 17.4. The van der Waals surface area contributed by atoms with Crippen LogP contribution in [0.5, 0.6) is 0 Å². The third kappa shape index (κ3) is 5.24. The number of ether oxygens (including phenoxy) is 1. The first kappa shape index (κ1) is 20.6. The molecule has 1 saturated heterocycles. The Kier molecular flexibility index (Phi) is 7.29. The summed E-state index contributed by atoms with van der Waals surface area (Å²) in [7, 11) is 0. The van der Waals surface area contributed by atoms with Gasteiger partial charge in [-0.05, 0) is 43.5 Å². The van der Waals surface area contributed by atoms with Gasteiger partial charge in [0.25, 0.3) is 0 Å². The van der Waals surface area contributed by atoms with E-state index in [1.54, 1.807) is 0 Å². The Hall–Kier alpha value is -2.11. The van der Waals surface area contributed by atoms with Gasteiger partial charge in [-0.25, -0.2) is 4.79 Å². The Balaban J connectivity index is 1.59. The number of nitrogens with zero attached hydrogens (tertiary/aromatic N) is 2. The van der Waals surface area contributed by atoms with E-state index in [1.807, 2.05) is 17.0 Å². The maximum atomic E-state index is 13.0. The van der Waals surface area contributed by atoms with Gasteiger partial charge in [0.05, 0.1) is 19.3 Å². The molecule has 0 aromatic heterocycles. The van der Waals surface area contributed by atoms with Crippen molar-refractivity contribution in [2.75, 3.05) is 39.4 Å². The van der Waals surface area contributed by atoms with Crippen LogP contribution in [0.4, 0.5) is 4.79 Å². The normalized spacial score (nSPS) is 16.3. The first-order valence-electron chi connectivity index (χ1n) is 10.4. The SMILES string of the molecule is CC(NC(=O)N(CCCN1CCOCC1)C(C)C)c1cccc2ccccc12. The van der Waals surface area contributed by atoms with Crippen LogP contribution in [0.1, 0.15) is 38.8 Å². The van der Waals surface area contributed by atoms with E-state index in [0.29, 0.717) is 0 Å². The van der Waals surface area contributed by atoms with Crippen molar-refractivity contribution in [2.24, 2.45) is 0 Å². The highest BCUT2D eigenvalue weighted by molar-refractivity contribution is 5.86. The van der Waals surface area contributed by atoms with E-state index in [9.17, 15) is 4.79 Å². The molecule has 1 atom stereocenters. The zero-order chi connectivity index (χ0) is 19.9. The molecular weight excluding hydrogens is 350 g/mol. The number of carbonyl (C=O) groups is 1. The topological polar surface area (TPSA) is 44.8 Å². The third-order valence-electron chi connectivity index (χ3n) is 5.49.